The Balaban J connectivity index is 0.00000423. The molecular weight excluding hydrogens is 588 g/mol. The summed E-state index contributed by atoms with van der Waals surface area (Å²) in [5, 5.41) is 13.1. The van der Waals surface area contributed by atoms with Gasteiger partial charge in [-0.15, -0.1) is 12.4 Å². The van der Waals surface area contributed by atoms with Crippen molar-refractivity contribution in [1.29, 1.82) is 0 Å². The van der Waals surface area contributed by atoms with Crippen LogP contribution in [0.5, 0.6) is 5.88 Å². The van der Waals surface area contributed by atoms with Crippen molar-refractivity contribution >= 4 is 34.3 Å². The molecule has 3 N–H and O–H groups in total. The molecule has 3 aromatic rings. The van der Waals surface area contributed by atoms with E-state index in [1.165, 1.54) is 43.9 Å². The van der Waals surface area contributed by atoms with Gasteiger partial charge in [0.1, 0.15) is 6.61 Å². The zero-order valence-electron chi connectivity index (χ0n) is 25.3. The average molecular weight is 629 g/mol. The fourth-order valence-electron chi connectivity index (χ4n) is 5.98. The summed E-state index contributed by atoms with van der Waals surface area (Å²) in [4.78, 5) is 20.2. The highest BCUT2D eigenvalue weighted by Crippen LogP contribution is 2.60. The number of hydrogen-bond donors (Lipinski definition) is 3. The highest BCUT2D eigenvalue weighted by Gasteiger charge is 2.53. The van der Waals surface area contributed by atoms with Crippen LogP contribution in [0.3, 0.4) is 0 Å². The van der Waals surface area contributed by atoms with E-state index in [4.69, 9.17) is 4.74 Å². The van der Waals surface area contributed by atoms with Gasteiger partial charge in [-0.25, -0.2) is 22.9 Å². The molecule has 43 heavy (non-hydrogen) atoms. The van der Waals surface area contributed by atoms with E-state index in [1.54, 1.807) is 6.07 Å². The Morgan fingerprint density at radius 1 is 1.07 bits per heavy atom. The van der Waals surface area contributed by atoms with Gasteiger partial charge in [0, 0.05) is 23.7 Å². The number of halogens is 1. The summed E-state index contributed by atoms with van der Waals surface area (Å²) >= 11 is 0. The van der Waals surface area contributed by atoms with Gasteiger partial charge < -0.3 is 15.2 Å². The Labute approximate surface area is 260 Å². The summed E-state index contributed by atoms with van der Waals surface area (Å²) < 4.78 is 35.3. The van der Waals surface area contributed by atoms with Crippen LogP contribution in [0.1, 0.15) is 74.4 Å². The van der Waals surface area contributed by atoms with E-state index in [1.807, 2.05) is 32.0 Å². The van der Waals surface area contributed by atoms with Crippen molar-refractivity contribution in [2.24, 2.45) is 10.8 Å². The maximum Gasteiger partial charge on any atom is 0.335 e. The molecule has 1 atom stereocenters. The van der Waals surface area contributed by atoms with Gasteiger partial charge in [0.2, 0.25) is 11.8 Å². The third-order valence-corrected chi connectivity index (χ3v) is 9.46. The predicted molar refractivity (Wildman–Crippen MR) is 170 cm³/mol. The molecule has 9 nitrogen and oxygen atoms in total. The molecule has 1 spiro atoms. The number of nitrogens with one attached hydrogen (secondary N) is 2. The van der Waals surface area contributed by atoms with E-state index >= 15 is 0 Å². The van der Waals surface area contributed by atoms with E-state index in [0.717, 1.165) is 29.2 Å². The summed E-state index contributed by atoms with van der Waals surface area (Å²) in [6.45, 7) is 10.9. The predicted octanol–water partition coefficient (Wildman–Crippen LogP) is 6.40. The minimum atomic E-state index is -4.18. The SMILES string of the molecule is Cc1cccc(C)c1-c1cc(OC[C@@H](CC(C)(C)C)NC2CC3(CC3)C2)nc(NS(=O)(=O)c2cccc(C(=O)O)c2)n1.Cl. The van der Waals surface area contributed by atoms with E-state index < -0.39 is 16.0 Å². The van der Waals surface area contributed by atoms with Gasteiger partial charge in [-0.1, -0.05) is 45.0 Å². The maximum absolute atomic E-state index is 13.3. The summed E-state index contributed by atoms with van der Waals surface area (Å²) in [7, 11) is -4.18. The molecule has 0 saturated heterocycles. The number of aromatic nitrogens is 2. The molecule has 2 fully saturated rings. The maximum atomic E-state index is 13.3. The van der Waals surface area contributed by atoms with Gasteiger partial charge >= 0.3 is 5.97 Å². The molecule has 2 saturated carbocycles. The van der Waals surface area contributed by atoms with E-state index in [9.17, 15) is 18.3 Å². The molecule has 0 radical (unpaired) electrons. The van der Waals surface area contributed by atoms with Crippen molar-refractivity contribution in [2.45, 2.75) is 83.7 Å². The van der Waals surface area contributed by atoms with Gasteiger partial charge in [0.05, 0.1) is 16.2 Å². The van der Waals surface area contributed by atoms with Crippen molar-refractivity contribution in [3.8, 4) is 17.1 Å². The molecular formula is C32H41ClN4O5S. The lowest BCUT2D eigenvalue weighted by atomic mass is 9.76. The average Bonchev–Trinajstić information content (AvgIpc) is 3.67. The first-order valence-corrected chi connectivity index (χ1v) is 15.9. The Kier molecular flexibility index (Phi) is 9.44. The fourth-order valence-corrected chi connectivity index (χ4v) is 6.97. The van der Waals surface area contributed by atoms with E-state index in [0.29, 0.717) is 23.8 Å². The molecule has 0 bridgehead atoms. The molecule has 1 heterocycles. The molecule has 0 amide bonds. The zero-order valence-corrected chi connectivity index (χ0v) is 26.9. The van der Waals surface area contributed by atoms with Crippen LogP contribution in [0.2, 0.25) is 0 Å². The van der Waals surface area contributed by atoms with Crippen molar-refractivity contribution in [3.63, 3.8) is 0 Å². The second kappa shape index (κ2) is 12.4. The third-order valence-electron chi connectivity index (χ3n) is 8.14. The number of carboxylic acids is 1. The first kappa shape index (κ1) is 32.7. The van der Waals surface area contributed by atoms with Crippen LogP contribution in [-0.4, -0.2) is 48.2 Å². The standard InChI is InChI=1S/C32H40N4O5S.ClH/c1-20-8-6-9-21(2)28(20)26-15-27(41-19-24(16-31(3,4)5)33-23-17-32(18-23)12-13-32)35-30(34-26)36-42(39,40)25-11-7-10-22(14-25)29(37)38;/h6-11,14-15,23-24,33H,12-13,16-19H2,1-5H3,(H,37,38)(H,34,35,36);1H/t24-;/m1./s1. The van der Waals surface area contributed by atoms with Crippen molar-refractivity contribution in [3.05, 3.63) is 65.2 Å². The Morgan fingerprint density at radius 3 is 2.33 bits per heavy atom. The van der Waals surface area contributed by atoms with Crippen LogP contribution in [0, 0.1) is 24.7 Å². The second-order valence-electron chi connectivity index (χ2n) is 13.2. The van der Waals surface area contributed by atoms with Crippen LogP contribution >= 0.6 is 12.4 Å². The highest BCUT2D eigenvalue weighted by atomic mass is 35.5. The molecule has 2 aliphatic rings. The lowest BCUT2D eigenvalue weighted by molar-refractivity contribution is 0.0696. The number of hydrogen-bond acceptors (Lipinski definition) is 7. The quantitative estimate of drug-likeness (QED) is 0.222. The number of carboxylic acid groups (broad SMARTS) is 1. The number of benzene rings is 2. The zero-order chi connectivity index (χ0) is 30.3. The number of ether oxygens (including phenoxy) is 1. The molecule has 2 aliphatic carbocycles. The van der Waals surface area contributed by atoms with Crippen LogP contribution in [0.25, 0.3) is 11.3 Å². The lowest BCUT2D eigenvalue weighted by Gasteiger charge is -2.40. The number of rotatable bonds is 11. The highest BCUT2D eigenvalue weighted by molar-refractivity contribution is 7.92. The van der Waals surface area contributed by atoms with Gasteiger partial charge in [-0.3, -0.25) is 0 Å². The largest absolute Gasteiger partial charge is 0.478 e. The minimum absolute atomic E-state index is 0. The number of nitrogens with zero attached hydrogens (tertiary/aromatic N) is 2. The Morgan fingerprint density at radius 2 is 1.72 bits per heavy atom. The van der Waals surface area contributed by atoms with Gasteiger partial charge in [-0.2, -0.15) is 4.98 Å². The molecule has 11 heteroatoms. The molecule has 0 aliphatic heterocycles. The molecule has 0 unspecified atom stereocenters. The van der Waals surface area contributed by atoms with Crippen molar-refractivity contribution in [2.75, 3.05) is 11.3 Å². The Bertz CT molecular complexity index is 1570. The number of anilines is 1. The second-order valence-corrected chi connectivity index (χ2v) is 14.8. The van der Waals surface area contributed by atoms with Crippen LogP contribution in [0.15, 0.2) is 53.4 Å². The summed E-state index contributed by atoms with van der Waals surface area (Å²) in [5.41, 5.74) is 3.90. The van der Waals surface area contributed by atoms with Crippen LogP contribution in [-0.2, 0) is 10.0 Å². The number of aryl methyl sites for hydroxylation is 2. The van der Waals surface area contributed by atoms with Crippen LogP contribution < -0.4 is 14.8 Å². The van der Waals surface area contributed by atoms with Crippen molar-refractivity contribution < 1.29 is 23.1 Å². The minimum Gasteiger partial charge on any atom is -0.478 e. The van der Waals surface area contributed by atoms with Gasteiger partial charge in [-0.05, 0) is 86.1 Å². The molecule has 2 aromatic carbocycles. The summed E-state index contributed by atoms with van der Waals surface area (Å²) in [6.07, 6.45) is 6.02. The van der Waals surface area contributed by atoms with Crippen molar-refractivity contribution in [1.82, 2.24) is 15.3 Å². The van der Waals surface area contributed by atoms with E-state index in [2.05, 4.69) is 40.8 Å². The number of sulfonamides is 1. The van der Waals surface area contributed by atoms with Gasteiger partial charge in [0.15, 0.2) is 0 Å². The Hall–Kier alpha value is -3.21. The summed E-state index contributed by atoms with van der Waals surface area (Å²) in [6, 6.07) is 13.4. The molecule has 5 rings (SSSR count). The number of aromatic carboxylic acids is 1. The monoisotopic (exact) mass is 628 g/mol. The topological polar surface area (TPSA) is 131 Å². The number of carbonyl (C=O) groups is 1. The first-order valence-electron chi connectivity index (χ1n) is 14.4. The van der Waals surface area contributed by atoms with Gasteiger partial charge in [0.25, 0.3) is 10.0 Å². The smallest absolute Gasteiger partial charge is 0.335 e. The normalized spacial score (nSPS) is 16.6. The molecule has 232 valence electrons. The van der Waals surface area contributed by atoms with Crippen LogP contribution in [0.4, 0.5) is 5.95 Å². The lowest BCUT2D eigenvalue weighted by Crippen LogP contribution is -2.50. The fraction of sp³-hybridized carbons (Fsp3) is 0.469. The van der Waals surface area contributed by atoms with E-state index in [-0.39, 0.29) is 46.2 Å². The first-order chi connectivity index (χ1) is 19.7. The third kappa shape index (κ3) is 8.04. The summed E-state index contributed by atoms with van der Waals surface area (Å²) in [5.74, 6) is -1.11. The molecule has 1 aromatic heterocycles.